The third-order valence-corrected chi connectivity index (χ3v) is 7.09. The molecule has 2 N–H and O–H groups in total. The first-order valence-electron chi connectivity index (χ1n) is 9.76. The standard InChI is InChI=1S/C18H33N5O2S.HI/c1-15(24)22-6-3-16(4-7-22)21-17(19-2)20-13-18(5-12-26-14-18)23-8-10-25-11-9-23;/h16H,3-14H2,1-2H3,(H2,19,20,21);1H. The summed E-state index contributed by atoms with van der Waals surface area (Å²) in [7, 11) is 1.84. The Hall–Kier alpha value is -0.260. The SMILES string of the molecule is CN=C(NCC1(N2CCOCC2)CCSC1)NC1CCN(C(C)=O)CC1.I. The first-order chi connectivity index (χ1) is 12.6. The second-order valence-corrected chi connectivity index (χ2v) is 8.58. The summed E-state index contributed by atoms with van der Waals surface area (Å²) in [5, 5.41) is 7.15. The Morgan fingerprint density at radius 3 is 2.52 bits per heavy atom. The molecule has 0 bridgehead atoms. The number of nitrogens with zero attached hydrogens (tertiary/aromatic N) is 3. The normalized spacial score (nSPS) is 27.9. The largest absolute Gasteiger partial charge is 0.379 e. The summed E-state index contributed by atoms with van der Waals surface area (Å²) < 4.78 is 5.54. The predicted molar refractivity (Wildman–Crippen MR) is 122 cm³/mol. The summed E-state index contributed by atoms with van der Waals surface area (Å²) in [6.45, 7) is 7.97. The number of nitrogens with one attached hydrogen (secondary N) is 2. The second-order valence-electron chi connectivity index (χ2n) is 7.48. The molecule has 156 valence electrons. The summed E-state index contributed by atoms with van der Waals surface area (Å²) in [4.78, 5) is 20.5. The van der Waals surface area contributed by atoms with Crippen LogP contribution in [-0.2, 0) is 9.53 Å². The van der Waals surface area contributed by atoms with Crippen molar-refractivity contribution in [1.29, 1.82) is 0 Å². The van der Waals surface area contributed by atoms with E-state index in [0.29, 0.717) is 6.04 Å². The molecule has 0 saturated carbocycles. The molecule has 7 nitrogen and oxygen atoms in total. The van der Waals surface area contributed by atoms with E-state index in [1.165, 1.54) is 17.9 Å². The fourth-order valence-electron chi connectivity index (χ4n) is 4.11. The highest BCUT2D eigenvalue weighted by Crippen LogP contribution is 2.33. The number of hydrogen-bond acceptors (Lipinski definition) is 5. The van der Waals surface area contributed by atoms with Gasteiger partial charge in [0.1, 0.15) is 0 Å². The van der Waals surface area contributed by atoms with Gasteiger partial charge >= 0.3 is 0 Å². The third kappa shape index (κ3) is 6.11. The molecular weight excluding hydrogens is 477 g/mol. The molecule has 0 spiro atoms. The number of rotatable bonds is 4. The zero-order chi connectivity index (χ0) is 18.4. The van der Waals surface area contributed by atoms with Crippen LogP contribution in [0.15, 0.2) is 4.99 Å². The van der Waals surface area contributed by atoms with Gasteiger partial charge in [-0.1, -0.05) is 0 Å². The van der Waals surface area contributed by atoms with E-state index >= 15 is 0 Å². The number of likely N-dealkylation sites (tertiary alicyclic amines) is 1. The molecule has 3 heterocycles. The molecule has 3 saturated heterocycles. The van der Waals surface area contributed by atoms with E-state index in [9.17, 15) is 4.79 Å². The summed E-state index contributed by atoms with van der Waals surface area (Å²) in [6.07, 6.45) is 3.17. The second kappa shape index (κ2) is 11.1. The predicted octanol–water partition coefficient (Wildman–Crippen LogP) is 0.988. The van der Waals surface area contributed by atoms with Crippen molar-refractivity contribution in [3.63, 3.8) is 0 Å². The fraction of sp³-hybridized carbons (Fsp3) is 0.889. The summed E-state index contributed by atoms with van der Waals surface area (Å²) in [5.74, 6) is 3.47. The Morgan fingerprint density at radius 2 is 1.96 bits per heavy atom. The minimum atomic E-state index is 0. The molecule has 0 aromatic carbocycles. The molecule has 9 heteroatoms. The van der Waals surface area contributed by atoms with Crippen LogP contribution >= 0.6 is 35.7 Å². The average molecular weight is 511 g/mol. The van der Waals surface area contributed by atoms with Crippen LogP contribution in [0.25, 0.3) is 0 Å². The van der Waals surface area contributed by atoms with Crippen LogP contribution in [0.3, 0.4) is 0 Å². The number of hydrogen-bond donors (Lipinski definition) is 2. The minimum Gasteiger partial charge on any atom is -0.379 e. The van der Waals surface area contributed by atoms with Gasteiger partial charge in [-0.05, 0) is 25.0 Å². The smallest absolute Gasteiger partial charge is 0.219 e. The van der Waals surface area contributed by atoms with Crippen molar-refractivity contribution in [3.8, 4) is 0 Å². The Bertz CT molecular complexity index is 502. The Balaban J connectivity index is 0.00000261. The van der Waals surface area contributed by atoms with Gasteiger partial charge in [0.25, 0.3) is 0 Å². The van der Waals surface area contributed by atoms with Crippen LogP contribution in [-0.4, -0.2) is 97.7 Å². The van der Waals surface area contributed by atoms with Crippen LogP contribution in [0.2, 0.25) is 0 Å². The lowest BCUT2D eigenvalue weighted by Gasteiger charge is -2.43. The van der Waals surface area contributed by atoms with Crippen LogP contribution in [0.5, 0.6) is 0 Å². The Kier molecular flexibility index (Phi) is 9.43. The number of piperidine rings is 1. The van der Waals surface area contributed by atoms with Gasteiger partial charge in [-0.15, -0.1) is 24.0 Å². The molecule has 0 aromatic rings. The van der Waals surface area contributed by atoms with Gasteiger partial charge in [0, 0.05) is 64.0 Å². The lowest BCUT2D eigenvalue weighted by molar-refractivity contribution is -0.129. The van der Waals surface area contributed by atoms with Crippen LogP contribution in [0.1, 0.15) is 26.2 Å². The first kappa shape index (κ1) is 23.0. The van der Waals surface area contributed by atoms with Crippen molar-refractivity contribution in [2.45, 2.75) is 37.8 Å². The quantitative estimate of drug-likeness (QED) is 0.334. The number of morpholine rings is 1. The Labute approximate surface area is 184 Å². The van der Waals surface area contributed by atoms with Gasteiger partial charge < -0.3 is 20.3 Å². The van der Waals surface area contributed by atoms with Gasteiger partial charge in [0.2, 0.25) is 5.91 Å². The number of carbonyl (C=O) groups excluding carboxylic acids is 1. The molecule has 3 aliphatic rings. The number of thioether (sulfide) groups is 1. The molecule has 0 aliphatic carbocycles. The topological polar surface area (TPSA) is 69.2 Å². The van der Waals surface area contributed by atoms with E-state index in [4.69, 9.17) is 4.74 Å². The van der Waals surface area contributed by atoms with Gasteiger partial charge in [-0.3, -0.25) is 14.7 Å². The van der Waals surface area contributed by atoms with Gasteiger partial charge in [0.05, 0.1) is 13.2 Å². The van der Waals surface area contributed by atoms with E-state index in [-0.39, 0.29) is 35.4 Å². The maximum atomic E-state index is 11.5. The fourth-order valence-corrected chi connectivity index (χ4v) is 5.59. The van der Waals surface area contributed by atoms with Crippen LogP contribution in [0.4, 0.5) is 0 Å². The molecule has 1 amide bonds. The van der Waals surface area contributed by atoms with Crippen molar-refractivity contribution in [1.82, 2.24) is 20.4 Å². The van der Waals surface area contributed by atoms with Crippen molar-refractivity contribution >= 4 is 47.6 Å². The number of guanidine groups is 1. The molecule has 3 fully saturated rings. The summed E-state index contributed by atoms with van der Waals surface area (Å²) >= 11 is 2.05. The van der Waals surface area contributed by atoms with E-state index in [1.54, 1.807) is 6.92 Å². The molecule has 0 aromatic heterocycles. The zero-order valence-corrected chi connectivity index (χ0v) is 19.7. The zero-order valence-electron chi connectivity index (χ0n) is 16.5. The molecule has 3 rings (SSSR count). The van der Waals surface area contributed by atoms with Gasteiger partial charge in [0.15, 0.2) is 5.96 Å². The number of aliphatic imine (C=N–C) groups is 1. The molecule has 1 atom stereocenters. The number of halogens is 1. The number of carbonyl (C=O) groups is 1. The first-order valence-corrected chi connectivity index (χ1v) is 10.9. The van der Waals surface area contributed by atoms with Crippen molar-refractivity contribution in [2.24, 2.45) is 4.99 Å². The van der Waals surface area contributed by atoms with E-state index in [0.717, 1.165) is 64.7 Å². The Morgan fingerprint density at radius 1 is 1.26 bits per heavy atom. The monoisotopic (exact) mass is 511 g/mol. The molecular formula is C18H34IN5O2S. The lowest BCUT2D eigenvalue weighted by atomic mass is 9.95. The molecule has 0 radical (unpaired) electrons. The van der Waals surface area contributed by atoms with E-state index in [2.05, 4.69) is 32.3 Å². The summed E-state index contributed by atoms with van der Waals surface area (Å²) in [5.41, 5.74) is 0.212. The van der Waals surface area contributed by atoms with E-state index < -0.39 is 0 Å². The van der Waals surface area contributed by atoms with Crippen molar-refractivity contribution in [2.75, 3.05) is 64.5 Å². The number of ether oxygens (including phenoxy) is 1. The highest BCUT2D eigenvalue weighted by molar-refractivity contribution is 14.0. The van der Waals surface area contributed by atoms with Crippen molar-refractivity contribution in [3.05, 3.63) is 0 Å². The third-order valence-electron chi connectivity index (χ3n) is 5.85. The number of amides is 1. The summed E-state index contributed by atoms with van der Waals surface area (Å²) in [6, 6.07) is 0.383. The highest BCUT2D eigenvalue weighted by Gasteiger charge is 2.40. The average Bonchev–Trinajstić information content (AvgIpc) is 3.16. The lowest BCUT2D eigenvalue weighted by Crippen LogP contribution is -2.60. The highest BCUT2D eigenvalue weighted by atomic mass is 127. The van der Waals surface area contributed by atoms with Gasteiger partial charge in [-0.25, -0.2) is 0 Å². The maximum absolute atomic E-state index is 11.5. The van der Waals surface area contributed by atoms with Crippen LogP contribution < -0.4 is 10.6 Å². The molecule has 3 aliphatic heterocycles. The van der Waals surface area contributed by atoms with Crippen molar-refractivity contribution < 1.29 is 9.53 Å². The molecule has 27 heavy (non-hydrogen) atoms. The van der Waals surface area contributed by atoms with Crippen LogP contribution in [0, 0.1) is 0 Å². The maximum Gasteiger partial charge on any atom is 0.219 e. The van der Waals surface area contributed by atoms with Gasteiger partial charge in [-0.2, -0.15) is 11.8 Å². The minimum absolute atomic E-state index is 0. The van der Waals surface area contributed by atoms with E-state index in [1.807, 2.05) is 11.9 Å². The molecule has 1 unspecified atom stereocenters.